The largest absolute Gasteiger partial charge is 0.341 e. The Morgan fingerprint density at radius 3 is 3.05 bits per heavy atom. The standard InChI is InChI=1S/C14H10FN3S/c15-11-1-2-13-10(7-11)3-4-17(13)8-12-9-18-5-6-19-14(18)16-12/h1-7,9H,8H2. The van der Waals surface area contributed by atoms with Crippen LogP contribution in [0.2, 0.25) is 0 Å². The molecule has 4 aromatic rings. The third-order valence-corrected chi connectivity index (χ3v) is 3.98. The molecule has 0 saturated heterocycles. The Morgan fingerprint density at radius 2 is 2.16 bits per heavy atom. The molecule has 0 aliphatic heterocycles. The van der Waals surface area contributed by atoms with Crippen molar-refractivity contribution in [2.45, 2.75) is 6.54 Å². The normalized spacial score (nSPS) is 11.6. The predicted octanol–water partition coefficient (Wildman–Crippen LogP) is 3.54. The molecule has 3 heterocycles. The van der Waals surface area contributed by atoms with Crippen molar-refractivity contribution >= 4 is 27.2 Å². The Labute approximate surface area is 112 Å². The molecule has 5 heteroatoms. The van der Waals surface area contributed by atoms with Crippen LogP contribution in [0.1, 0.15) is 5.69 Å². The van der Waals surface area contributed by atoms with Crippen LogP contribution in [0, 0.1) is 5.82 Å². The minimum absolute atomic E-state index is 0.201. The lowest BCUT2D eigenvalue weighted by atomic mass is 10.2. The van der Waals surface area contributed by atoms with E-state index in [0.29, 0.717) is 6.54 Å². The zero-order valence-corrected chi connectivity index (χ0v) is 10.8. The molecule has 0 atom stereocenters. The minimum Gasteiger partial charge on any atom is -0.341 e. The molecule has 0 spiro atoms. The van der Waals surface area contributed by atoms with E-state index >= 15 is 0 Å². The SMILES string of the molecule is Fc1ccc2c(ccn2Cc2cn3ccsc3n2)c1. The molecule has 94 valence electrons. The number of rotatable bonds is 2. The van der Waals surface area contributed by atoms with Crippen LogP contribution in [0.4, 0.5) is 4.39 Å². The first-order chi connectivity index (χ1) is 9.29. The highest BCUT2D eigenvalue weighted by Crippen LogP contribution is 2.19. The lowest BCUT2D eigenvalue weighted by molar-refractivity contribution is 0.629. The van der Waals surface area contributed by atoms with Gasteiger partial charge in [-0.25, -0.2) is 9.37 Å². The van der Waals surface area contributed by atoms with Gasteiger partial charge >= 0.3 is 0 Å². The maximum atomic E-state index is 13.1. The summed E-state index contributed by atoms with van der Waals surface area (Å²) >= 11 is 1.62. The van der Waals surface area contributed by atoms with Crippen molar-refractivity contribution in [2.24, 2.45) is 0 Å². The Morgan fingerprint density at radius 1 is 1.21 bits per heavy atom. The first-order valence-electron chi connectivity index (χ1n) is 5.95. The molecular formula is C14H10FN3S. The fraction of sp³-hybridized carbons (Fsp3) is 0.0714. The van der Waals surface area contributed by atoms with E-state index in [1.807, 2.05) is 40.5 Å². The maximum Gasteiger partial charge on any atom is 0.193 e. The van der Waals surface area contributed by atoms with E-state index in [9.17, 15) is 4.39 Å². The molecule has 19 heavy (non-hydrogen) atoms. The molecule has 0 aliphatic rings. The van der Waals surface area contributed by atoms with Gasteiger partial charge in [0.25, 0.3) is 0 Å². The number of halogens is 1. The van der Waals surface area contributed by atoms with Crippen LogP contribution >= 0.6 is 11.3 Å². The maximum absolute atomic E-state index is 13.1. The molecule has 0 bridgehead atoms. The van der Waals surface area contributed by atoms with Crippen LogP contribution in [-0.4, -0.2) is 14.0 Å². The summed E-state index contributed by atoms with van der Waals surface area (Å²) < 4.78 is 17.3. The first kappa shape index (κ1) is 10.8. The van der Waals surface area contributed by atoms with Gasteiger partial charge in [0.2, 0.25) is 0 Å². The van der Waals surface area contributed by atoms with Gasteiger partial charge < -0.3 is 4.57 Å². The Balaban J connectivity index is 1.76. The van der Waals surface area contributed by atoms with Gasteiger partial charge in [-0.1, -0.05) is 0 Å². The fourth-order valence-corrected chi connectivity index (χ4v) is 3.05. The summed E-state index contributed by atoms with van der Waals surface area (Å²) in [6, 6.07) is 6.78. The smallest absolute Gasteiger partial charge is 0.193 e. The van der Waals surface area contributed by atoms with Crippen molar-refractivity contribution in [3.05, 3.63) is 59.7 Å². The second kappa shape index (κ2) is 3.93. The molecule has 3 nitrogen and oxygen atoms in total. The third kappa shape index (κ3) is 1.74. The van der Waals surface area contributed by atoms with Crippen LogP contribution in [0.3, 0.4) is 0 Å². The predicted molar refractivity (Wildman–Crippen MR) is 74.1 cm³/mol. The van der Waals surface area contributed by atoms with Gasteiger partial charge in [-0.15, -0.1) is 11.3 Å². The first-order valence-corrected chi connectivity index (χ1v) is 6.83. The summed E-state index contributed by atoms with van der Waals surface area (Å²) in [7, 11) is 0. The molecule has 0 N–H and O–H groups in total. The average Bonchev–Trinajstić information content (AvgIpc) is 3.04. The summed E-state index contributed by atoms with van der Waals surface area (Å²) in [5.41, 5.74) is 2.03. The molecule has 0 saturated carbocycles. The van der Waals surface area contributed by atoms with E-state index in [2.05, 4.69) is 9.55 Å². The highest BCUT2D eigenvalue weighted by Gasteiger charge is 2.06. The van der Waals surface area contributed by atoms with Crippen molar-refractivity contribution in [2.75, 3.05) is 0 Å². The Kier molecular flexibility index (Phi) is 2.22. The summed E-state index contributed by atoms with van der Waals surface area (Å²) in [4.78, 5) is 5.56. The topological polar surface area (TPSA) is 22.2 Å². The highest BCUT2D eigenvalue weighted by molar-refractivity contribution is 7.15. The van der Waals surface area contributed by atoms with E-state index in [1.54, 1.807) is 17.4 Å². The van der Waals surface area contributed by atoms with Crippen LogP contribution in [0.15, 0.2) is 48.2 Å². The summed E-state index contributed by atoms with van der Waals surface area (Å²) in [5, 5.41) is 2.93. The number of fused-ring (bicyclic) bond motifs is 2. The van der Waals surface area contributed by atoms with Crippen molar-refractivity contribution < 1.29 is 4.39 Å². The zero-order chi connectivity index (χ0) is 12.8. The van der Waals surface area contributed by atoms with Crippen LogP contribution in [0.5, 0.6) is 0 Å². The molecule has 1 aromatic carbocycles. The van der Waals surface area contributed by atoms with Crippen molar-refractivity contribution in [1.82, 2.24) is 14.0 Å². The molecule has 0 aliphatic carbocycles. The monoisotopic (exact) mass is 271 g/mol. The number of nitrogens with zero attached hydrogens (tertiary/aromatic N) is 3. The molecule has 0 radical (unpaired) electrons. The van der Waals surface area contributed by atoms with Crippen LogP contribution in [0.25, 0.3) is 15.9 Å². The molecular weight excluding hydrogens is 261 g/mol. The van der Waals surface area contributed by atoms with E-state index < -0.39 is 0 Å². The summed E-state index contributed by atoms with van der Waals surface area (Å²) in [5.74, 6) is -0.201. The van der Waals surface area contributed by atoms with Crippen molar-refractivity contribution in [1.29, 1.82) is 0 Å². The van der Waals surface area contributed by atoms with E-state index in [0.717, 1.165) is 21.6 Å². The molecule has 0 amide bonds. The highest BCUT2D eigenvalue weighted by atomic mass is 32.1. The van der Waals surface area contributed by atoms with E-state index in [1.165, 1.54) is 6.07 Å². The minimum atomic E-state index is -0.201. The zero-order valence-electron chi connectivity index (χ0n) is 9.95. The van der Waals surface area contributed by atoms with E-state index in [-0.39, 0.29) is 5.82 Å². The average molecular weight is 271 g/mol. The van der Waals surface area contributed by atoms with Gasteiger partial charge in [0.1, 0.15) is 5.82 Å². The second-order valence-electron chi connectivity index (χ2n) is 4.47. The quantitative estimate of drug-likeness (QED) is 0.546. The lowest BCUT2D eigenvalue weighted by Crippen LogP contribution is -1.97. The van der Waals surface area contributed by atoms with Gasteiger partial charge in [-0.2, -0.15) is 0 Å². The number of thiazole rings is 1. The van der Waals surface area contributed by atoms with Crippen molar-refractivity contribution in [3.8, 4) is 0 Å². The Bertz CT molecular complexity index is 843. The van der Waals surface area contributed by atoms with Gasteiger partial charge in [0.05, 0.1) is 12.2 Å². The number of hydrogen-bond acceptors (Lipinski definition) is 2. The van der Waals surface area contributed by atoms with Crippen molar-refractivity contribution in [3.63, 3.8) is 0 Å². The van der Waals surface area contributed by atoms with Crippen LogP contribution < -0.4 is 0 Å². The van der Waals surface area contributed by atoms with Crippen LogP contribution in [-0.2, 0) is 6.54 Å². The third-order valence-electron chi connectivity index (χ3n) is 3.21. The molecule has 3 aromatic heterocycles. The second-order valence-corrected chi connectivity index (χ2v) is 5.34. The van der Waals surface area contributed by atoms with Gasteiger partial charge in [0, 0.05) is 34.9 Å². The van der Waals surface area contributed by atoms with Gasteiger partial charge in [-0.3, -0.25) is 4.40 Å². The summed E-state index contributed by atoms with van der Waals surface area (Å²) in [6.07, 6.45) is 6.00. The number of imidazole rings is 1. The summed E-state index contributed by atoms with van der Waals surface area (Å²) in [6.45, 7) is 0.698. The molecule has 0 unspecified atom stereocenters. The Hall–Kier alpha value is -2.14. The number of aromatic nitrogens is 3. The fourth-order valence-electron chi connectivity index (χ4n) is 2.34. The van der Waals surface area contributed by atoms with E-state index in [4.69, 9.17) is 0 Å². The number of benzene rings is 1. The molecule has 0 fully saturated rings. The number of hydrogen-bond donors (Lipinski definition) is 0. The lowest BCUT2D eigenvalue weighted by Gasteiger charge is -2.02. The van der Waals surface area contributed by atoms with Gasteiger partial charge in [-0.05, 0) is 24.3 Å². The molecule has 4 rings (SSSR count). The van der Waals surface area contributed by atoms with Gasteiger partial charge in [0.15, 0.2) is 4.96 Å².